The predicted molar refractivity (Wildman–Crippen MR) is 89.9 cm³/mol. The van der Waals surface area contributed by atoms with Crippen molar-refractivity contribution >= 4 is 23.3 Å². The van der Waals surface area contributed by atoms with Gasteiger partial charge >= 0.3 is 12.1 Å². The van der Waals surface area contributed by atoms with Gasteiger partial charge in [0.2, 0.25) is 5.95 Å². The van der Waals surface area contributed by atoms with Gasteiger partial charge in [0.25, 0.3) is 0 Å². The molecule has 0 aliphatic carbocycles. The number of aryl methyl sites for hydroxylation is 1. The molecular formula is C16H13F3N4O2S. The van der Waals surface area contributed by atoms with Gasteiger partial charge in [-0.25, -0.2) is 19.7 Å². The second kappa shape index (κ2) is 8.44. The van der Waals surface area contributed by atoms with Crippen LogP contribution in [0.25, 0.3) is 0 Å². The van der Waals surface area contributed by atoms with Crippen molar-refractivity contribution in [3.05, 3.63) is 46.2 Å². The van der Waals surface area contributed by atoms with Crippen molar-refractivity contribution in [2.45, 2.75) is 13.1 Å². The fourth-order valence-electron chi connectivity index (χ4n) is 1.75. The highest BCUT2D eigenvalue weighted by Crippen LogP contribution is 2.13. The number of carbonyl (C=O) groups is 1. The molecule has 0 spiro atoms. The molecule has 0 radical (unpaired) electrons. The molecule has 2 aromatic heterocycles. The van der Waals surface area contributed by atoms with Crippen molar-refractivity contribution in [2.75, 3.05) is 18.0 Å². The van der Waals surface area contributed by atoms with E-state index in [1.165, 1.54) is 0 Å². The molecule has 0 fully saturated rings. The minimum atomic E-state index is -5.08. The Kier molecular flexibility index (Phi) is 6.30. The second-order valence-electron chi connectivity index (χ2n) is 4.95. The number of hydrogen-bond acceptors (Lipinski definition) is 6. The molecule has 1 aliphatic rings. The monoisotopic (exact) mass is 382 g/mol. The zero-order valence-corrected chi connectivity index (χ0v) is 14.3. The van der Waals surface area contributed by atoms with Crippen LogP contribution < -0.4 is 4.90 Å². The van der Waals surface area contributed by atoms with Gasteiger partial charge in [0.05, 0.1) is 10.6 Å². The van der Waals surface area contributed by atoms with Gasteiger partial charge in [0.15, 0.2) is 0 Å². The summed E-state index contributed by atoms with van der Waals surface area (Å²) >= 11 is 1.60. The van der Waals surface area contributed by atoms with E-state index in [0.717, 1.165) is 35.3 Å². The lowest BCUT2D eigenvalue weighted by molar-refractivity contribution is -0.192. The number of anilines is 1. The van der Waals surface area contributed by atoms with Crippen LogP contribution in [0.1, 0.15) is 16.3 Å². The molecule has 0 amide bonds. The first kappa shape index (κ1) is 19.4. The Labute approximate surface area is 151 Å². The Hall–Kier alpha value is -2.93. The predicted octanol–water partition coefficient (Wildman–Crippen LogP) is 2.65. The molecule has 0 unspecified atom stereocenters. The molecule has 10 heteroatoms. The fourth-order valence-corrected chi connectivity index (χ4v) is 2.29. The number of alkyl halides is 3. The Morgan fingerprint density at radius 2 is 1.81 bits per heavy atom. The van der Waals surface area contributed by atoms with E-state index >= 15 is 0 Å². The van der Waals surface area contributed by atoms with Crippen molar-refractivity contribution in [1.82, 2.24) is 15.0 Å². The summed E-state index contributed by atoms with van der Waals surface area (Å²) in [4.78, 5) is 24.0. The molecule has 0 aromatic carbocycles. The molecule has 0 saturated heterocycles. The summed E-state index contributed by atoms with van der Waals surface area (Å²) in [5.41, 5.74) is 1.61. The number of aliphatic carboxylic acids is 1. The summed E-state index contributed by atoms with van der Waals surface area (Å²) in [6.07, 6.45) is 2.66. The quantitative estimate of drug-likeness (QED) is 0.603. The van der Waals surface area contributed by atoms with Crippen LogP contribution in [0.3, 0.4) is 0 Å². The lowest BCUT2D eigenvalue weighted by Crippen LogP contribution is -2.21. The van der Waals surface area contributed by atoms with E-state index in [9.17, 15) is 13.2 Å². The first-order valence-corrected chi connectivity index (χ1v) is 8.10. The molecule has 1 aliphatic heterocycles. The normalized spacial score (nSPS) is 12.8. The van der Waals surface area contributed by atoms with E-state index in [1.807, 2.05) is 12.3 Å². The highest BCUT2D eigenvalue weighted by atomic mass is 32.1. The molecule has 6 nitrogen and oxygen atoms in total. The molecular weight excluding hydrogens is 369 g/mol. The molecule has 136 valence electrons. The van der Waals surface area contributed by atoms with Crippen molar-refractivity contribution in [2.24, 2.45) is 0 Å². The SMILES string of the molecule is Cc1nc(C#Cc2cnc(N3CC=CC3)nc2)cs1.O=C(O)C(F)(F)F. The maximum absolute atomic E-state index is 10.6. The summed E-state index contributed by atoms with van der Waals surface area (Å²) in [6.45, 7) is 3.73. The minimum absolute atomic E-state index is 0.750. The smallest absolute Gasteiger partial charge is 0.475 e. The van der Waals surface area contributed by atoms with E-state index in [2.05, 4.69) is 43.8 Å². The summed E-state index contributed by atoms with van der Waals surface area (Å²) in [7, 11) is 0. The van der Waals surface area contributed by atoms with Crippen LogP contribution in [0.4, 0.5) is 19.1 Å². The summed E-state index contributed by atoms with van der Waals surface area (Å²) in [6, 6.07) is 0. The number of aromatic nitrogens is 3. The van der Waals surface area contributed by atoms with Gasteiger partial charge in [-0.2, -0.15) is 13.2 Å². The third-order valence-electron chi connectivity index (χ3n) is 2.94. The van der Waals surface area contributed by atoms with Crippen LogP contribution in [-0.4, -0.2) is 45.3 Å². The van der Waals surface area contributed by atoms with Crippen molar-refractivity contribution < 1.29 is 23.1 Å². The average Bonchev–Trinajstić information content (AvgIpc) is 3.25. The number of carboxylic acid groups (broad SMARTS) is 1. The van der Waals surface area contributed by atoms with Crippen LogP contribution in [0, 0.1) is 18.8 Å². The van der Waals surface area contributed by atoms with Gasteiger partial charge in [0, 0.05) is 30.9 Å². The van der Waals surface area contributed by atoms with Crippen molar-refractivity contribution in [3.63, 3.8) is 0 Å². The third kappa shape index (κ3) is 5.86. The van der Waals surface area contributed by atoms with Gasteiger partial charge in [-0.1, -0.05) is 18.1 Å². The maximum atomic E-state index is 10.6. The van der Waals surface area contributed by atoms with Crippen molar-refractivity contribution in [1.29, 1.82) is 0 Å². The first-order valence-electron chi connectivity index (χ1n) is 7.22. The number of nitrogens with zero attached hydrogens (tertiary/aromatic N) is 4. The molecule has 1 N–H and O–H groups in total. The zero-order valence-electron chi connectivity index (χ0n) is 13.5. The number of hydrogen-bond donors (Lipinski definition) is 1. The lowest BCUT2D eigenvalue weighted by atomic mass is 10.3. The van der Waals surface area contributed by atoms with Gasteiger partial charge < -0.3 is 10.0 Å². The summed E-state index contributed by atoms with van der Waals surface area (Å²) in [5.74, 6) is 4.03. The maximum Gasteiger partial charge on any atom is 0.490 e. The molecule has 0 bridgehead atoms. The summed E-state index contributed by atoms with van der Waals surface area (Å²) in [5, 5.41) is 10.1. The molecule has 3 heterocycles. The standard InChI is InChI=1S/C14H12N4S.C2HF3O2/c1-11-17-13(10-19-11)5-4-12-8-15-14(16-9-12)18-6-2-3-7-18;3-2(4,5)1(6)7/h2-3,8-10H,6-7H2,1H3;(H,6,7). The van der Waals surface area contributed by atoms with Crippen LogP contribution in [0.2, 0.25) is 0 Å². The van der Waals surface area contributed by atoms with Gasteiger partial charge in [0.1, 0.15) is 5.69 Å². The zero-order chi connectivity index (χ0) is 19.2. The van der Waals surface area contributed by atoms with E-state index in [0.29, 0.717) is 0 Å². The summed E-state index contributed by atoms with van der Waals surface area (Å²) < 4.78 is 31.7. The highest BCUT2D eigenvalue weighted by molar-refractivity contribution is 7.09. The van der Waals surface area contributed by atoms with Crippen LogP contribution in [0.15, 0.2) is 29.9 Å². The van der Waals surface area contributed by atoms with Gasteiger partial charge in [-0.05, 0) is 12.8 Å². The first-order chi connectivity index (χ1) is 12.3. The highest BCUT2D eigenvalue weighted by Gasteiger charge is 2.38. The lowest BCUT2D eigenvalue weighted by Gasteiger charge is -2.13. The van der Waals surface area contributed by atoms with E-state index < -0.39 is 12.1 Å². The number of halogens is 3. The average molecular weight is 382 g/mol. The Balaban J connectivity index is 0.000000298. The number of carboxylic acids is 1. The molecule has 0 saturated carbocycles. The fraction of sp³-hybridized carbons (Fsp3) is 0.250. The second-order valence-corrected chi connectivity index (χ2v) is 6.02. The van der Waals surface area contributed by atoms with Crippen molar-refractivity contribution in [3.8, 4) is 11.8 Å². The van der Waals surface area contributed by atoms with E-state index in [1.54, 1.807) is 23.7 Å². The molecule has 3 rings (SSSR count). The molecule has 2 aromatic rings. The Bertz CT molecular complexity index is 843. The number of thiazole rings is 1. The van der Waals surface area contributed by atoms with E-state index in [-0.39, 0.29) is 0 Å². The van der Waals surface area contributed by atoms with Crippen LogP contribution in [-0.2, 0) is 4.79 Å². The van der Waals surface area contributed by atoms with Crippen LogP contribution in [0.5, 0.6) is 0 Å². The minimum Gasteiger partial charge on any atom is -0.475 e. The Morgan fingerprint density at radius 3 is 2.27 bits per heavy atom. The van der Waals surface area contributed by atoms with Gasteiger partial charge in [-0.15, -0.1) is 11.3 Å². The van der Waals surface area contributed by atoms with Gasteiger partial charge in [-0.3, -0.25) is 0 Å². The molecule has 0 atom stereocenters. The Morgan fingerprint density at radius 1 is 1.23 bits per heavy atom. The topological polar surface area (TPSA) is 79.2 Å². The third-order valence-corrected chi connectivity index (χ3v) is 3.71. The largest absolute Gasteiger partial charge is 0.490 e. The number of rotatable bonds is 1. The van der Waals surface area contributed by atoms with E-state index in [4.69, 9.17) is 9.90 Å². The van der Waals surface area contributed by atoms with Crippen LogP contribution >= 0.6 is 11.3 Å². The molecule has 26 heavy (non-hydrogen) atoms.